The molecule has 2 heterocycles. The van der Waals surface area contributed by atoms with Crippen LogP contribution in [0.1, 0.15) is 24.4 Å². The average Bonchev–Trinajstić information content (AvgIpc) is 3.36. The first-order valence-corrected chi connectivity index (χ1v) is 9.40. The van der Waals surface area contributed by atoms with Gasteiger partial charge in [0.2, 0.25) is 0 Å². The fourth-order valence-corrected chi connectivity index (χ4v) is 3.36. The number of methoxy groups -OCH3 is 2. The van der Waals surface area contributed by atoms with Crippen LogP contribution >= 0.6 is 11.3 Å². The second-order valence-corrected chi connectivity index (χ2v) is 7.13. The second-order valence-electron chi connectivity index (χ2n) is 6.18. The summed E-state index contributed by atoms with van der Waals surface area (Å²) in [5.74, 6) is 2.76. The number of nitrogens with zero attached hydrogens (tertiary/aromatic N) is 2. The lowest BCUT2D eigenvalue weighted by Crippen LogP contribution is -3.09. The van der Waals surface area contributed by atoms with Crippen LogP contribution in [0.5, 0.6) is 11.5 Å². The van der Waals surface area contributed by atoms with Gasteiger partial charge in [-0.1, -0.05) is 12.1 Å². The van der Waals surface area contributed by atoms with Gasteiger partial charge in [0, 0.05) is 6.42 Å². The number of quaternary nitrogens is 1. The molecule has 0 aliphatic heterocycles. The summed E-state index contributed by atoms with van der Waals surface area (Å²) in [6.07, 6.45) is 0.919. The predicted molar refractivity (Wildman–Crippen MR) is 101 cm³/mol. The maximum atomic E-state index is 5.86. The molecule has 0 saturated carbocycles. The molecule has 0 radical (unpaired) electrons. The van der Waals surface area contributed by atoms with Crippen molar-refractivity contribution in [2.75, 3.05) is 27.8 Å². The van der Waals surface area contributed by atoms with Crippen LogP contribution in [0, 0.1) is 0 Å². The van der Waals surface area contributed by atoms with Crippen molar-refractivity contribution in [2.45, 2.75) is 19.4 Å². The van der Waals surface area contributed by atoms with E-state index >= 15 is 0 Å². The highest BCUT2D eigenvalue weighted by molar-refractivity contribution is 7.13. The molecule has 0 spiro atoms. The number of likely N-dealkylation sites (N-methyl/N-ethyl adjacent to an activating group) is 1. The molecule has 0 aliphatic carbocycles. The fourth-order valence-electron chi connectivity index (χ4n) is 2.71. The smallest absolute Gasteiger partial charge is 0.274 e. The highest BCUT2D eigenvalue weighted by Crippen LogP contribution is 2.27. The average molecular weight is 374 g/mol. The third-order valence-corrected chi connectivity index (χ3v) is 5.40. The zero-order valence-corrected chi connectivity index (χ0v) is 16.3. The van der Waals surface area contributed by atoms with Crippen LogP contribution in [0.25, 0.3) is 10.8 Å². The summed E-state index contributed by atoms with van der Waals surface area (Å²) >= 11 is 1.60. The zero-order chi connectivity index (χ0) is 18.5. The Bertz CT molecular complexity index is 832. The van der Waals surface area contributed by atoms with E-state index in [-0.39, 0.29) is 6.04 Å². The van der Waals surface area contributed by atoms with E-state index in [1.54, 1.807) is 25.6 Å². The van der Waals surface area contributed by atoms with Gasteiger partial charge in [0.05, 0.1) is 32.7 Å². The van der Waals surface area contributed by atoms with Crippen LogP contribution in [0.15, 0.2) is 40.1 Å². The standard InChI is InChI=1S/C19H23N3O3S/c1-13(18-20-21-19(25-18)17-6-5-11-26-17)22(2)10-9-14-7-8-15(23-3)16(12-14)24-4/h5-8,11-13H,9-10H2,1-4H3/p+1/t13-/m0/s1. The molecule has 138 valence electrons. The van der Waals surface area contributed by atoms with Gasteiger partial charge in [-0.15, -0.1) is 21.5 Å². The molecule has 1 N–H and O–H groups in total. The molecular formula is C19H24N3O3S+. The van der Waals surface area contributed by atoms with Crippen LogP contribution in [-0.2, 0) is 6.42 Å². The Morgan fingerprint density at radius 2 is 1.96 bits per heavy atom. The van der Waals surface area contributed by atoms with Gasteiger partial charge in [-0.3, -0.25) is 0 Å². The number of ether oxygens (including phenoxy) is 2. The Morgan fingerprint density at radius 1 is 1.15 bits per heavy atom. The van der Waals surface area contributed by atoms with Crippen LogP contribution in [0.4, 0.5) is 0 Å². The van der Waals surface area contributed by atoms with E-state index in [0.29, 0.717) is 11.8 Å². The number of hydrogen-bond acceptors (Lipinski definition) is 6. The quantitative estimate of drug-likeness (QED) is 0.657. The maximum Gasteiger partial charge on any atom is 0.274 e. The van der Waals surface area contributed by atoms with Crippen LogP contribution in [0.3, 0.4) is 0 Å². The van der Waals surface area contributed by atoms with Gasteiger partial charge in [-0.2, -0.15) is 0 Å². The first kappa shape index (κ1) is 18.4. The molecule has 2 atom stereocenters. The Kier molecular flexibility index (Phi) is 5.90. The van der Waals surface area contributed by atoms with E-state index in [0.717, 1.165) is 29.3 Å². The summed E-state index contributed by atoms with van der Waals surface area (Å²) in [6.45, 7) is 3.04. The van der Waals surface area contributed by atoms with Gasteiger partial charge < -0.3 is 18.8 Å². The molecule has 0 amide bonds. The van der Waals surface area contributed by atoms with Crippen molar-refractivity contribution in [1.29, 1.82) is 0 Å². The van der Waals surface area contributed by atoms with E-state index in [1.807, 2.05) is 29.6 Å². The maximum absolute atomic E-state index is 5.86. The highest BCUT2D eigenvalue weighted by atomic mass is 32.1. The normalized spacial score (nSPS) is 13.4. The summed E-state index contributed by atoms with van der Waals surface area (Å²) in [6, 6.07) is 10.1. The third-order valence-electron chi connectivity index (χ3n) is 4.54. The summed E-state index contributed by atoms with van der Waals surface area (Å²) in [7, 11) is 5.44. The van der Waals surface area contributed by atoms with Crippen molar-refractivity contribution in [2.24, 2.45) is 0 Å². The van der Waals surface area contributed by atoms with Crippen LogP contribution in [-0.4, -0.2) is 38.0 Å². The number of benzene rings is 1. The van der Waals surface area contributed by atoms with Crippen molar-refractivity contribution in [3.63, 3.8) is 0 Å². The number of rotatable bonds is 8. The summed E-state index contributed by atoms with van der Waals surface area (Å²) < 4.78 is 16.5. The molecule has 0 aliphatic rings. The van der Waals surface area contributed by atoms with Crippen molar-refractivity contribution >= 4 is 11.3 Å². The lowest BCUT2D eigenvalue weighted by atomic mass is 10.1. The van der Waals surface area contributed by atoms with Crippen molar-refractivity contribution in [3.05, 3.63) is 47.2 Å². The SMILES string of the molecule is COc1ccc(CC[NH+](C)[C@@H](C)c2nnc(-c3cccs3)o2)cc1OC. The predicted octanol–water partition coefficient (Wildman–Crippen LogP) is 2.63. The van der Waals surface area contributed by atoms with Crippen molar-refractivity contribution in [1.82, 2.24) is 10.2 Å². The van der Waals surface area contributed by atoms with Crippen LogP contribution < -0.4 is 14.4 Å². The Hall–Kier alpha value is -2.38. The van der Waals surface area contributed by atoms with Crippen molar-refractivity contribution in [3.8, 4) is 22.3 Å². The summed E-state index contributed by atoms with van der Waals surface area (Å²) in [4.78, 5) is 2.31. The van der Waals surface area contributed by atoms with E-state index in [9.17, 15) is 0 Å². The molecule has 3 rings (SSSR count). The topological polar surface area (TPSA) is 61.8 Å². The van der Waals surface area contributed by atoms with Gasteiger partial charge >= 0.3 is 0 Å². The zero-order valence-electron chi connectivity index (χ0n) is 15.5. The molecule has 0 bridgehead atoms. The Morgan fingerprint density at radius 3 is 2.65 bits per heavy atom. The van der Waals surface area contributed by atoms with Gasteiger partial charge in [0.15, 0.2) is 17.5 Å². The monoisotopic (exact) mass is 374 g/mol. The number of aromatic nitrogens is 2. The molecule has 26 heavy (non-hydrogen) atoms. The van der Waals surface area contributed by atoms with Gasteiger partial charge in [0.1, 0.15) is 0 Å². The summed E-state index contributed by atoms with van der Waals surface area (Å²) in [5, 5.41) is 10.4. The minimum Gasteiger partial charge on any atom is -0.493 e. The second kappa shape index (κ2) is 8.33. The third kappa shape index (κ3) is 4.05. The minimum absolute atomic E-state index is 0.122. The summed E-state index contributed by atoms with van der Waals surface area (Å²) in [5.41, 5.74) is 1.21. The number of nitrogens with one attached hydrogen (secondary N) is 1. The first-order valence-electron chi connectivity index (χ1n) is 8.53. The van der Waals surface area contributed by atoms with E-state index in [4.69, 9.17) is 13.9 Å². The lowest BCUT2D eigenvalue weighted by molar-refractivity contribution is -0.911. The minimum atomic E-state index is 0.122. The molecule has 7 heteroatoms. The molecule has 1 unspecified atom stereocenters. The molecule has 0 fully saturated rings. The molecule has 3 aromatic rings. The number of hydrogen-bond donors (Lipinski definition) is 1. The first-order chi connectivity index (χ1) is 12.6. The number of thiophene rings is 1. The van der Waals surface area contributed by atoms with E-state index in [1.165, 1.54) is 10.5 Å². The largest absolute Gasteiger partial charge is 0.493 e. The molecule has 0 saturated heterocycles. The van der Waals surface area contributed by atoms with Crippen LogP contribution in [0.2, 0.25) is 0 Å². The molecular weight excluding hydrogens is 350 g/mol. The molecule has 2 aromatic heterocycles. The van der Waals surface area contributed by atoms with E-state index < -0.39 is 0 Å². The van der Waals surface area contributed by atoms with Crippen molar-refractivity contribution < 1.29 is 18.8 Å². The van der Waals surface area contributed by atoms with Gasteiger partial charge in [0.25, 0.3) is 11.8 Å². The Balaban J connectivity index is 1.62. The molecule has 1 aromatic carbocycles. The fraction of sp³-hybridized carbons (Fsp3) is 0.368. The highest BCUT2D eigenvalue weighted by Gasteiger charge is 2.22. The molecule has 6 nitrogen and oxygen atoms in total. The van der Waals surface area contributed by atoms with E-state index in [2.05, 4.69) is 30.2 Å². The lowest BCUT2D eigenvalue weighted by Gasteiger charge is -2.19. The van der Waals surface area contributed by atoms with Gasteiger partial charge in [-0.25, -0.2) is 0 Å². The Labute approximate surface area is 157 Å². The van der Waals surface area contributed by atoms with Gasteiger partial charge in [-0.05, 0) is 36.1 Å².